The van der Waals surface area contributed by atoms with E-state index in [0.29, 0.717) is 6.42 Å². The minimum Gasteiger partial charge on any atom is -0.394 e. The molecule has 4 nitrogen and oxygen atoms in total. The summed E-state index contributed by atoms with van der Waals surface area (Å²) in [4.78, 5) is 12.5. The fourth-order valence-electron chi connectivity index (χ4n) is 10.8. The molecule has 2 unspecified atom stereocenters. The Morgan fingerprint density at radius 1 is 0.329 bits per heavy atom. The normalized spacial score (nSPS) is 12.7. The van der Waals surface area contributed by atoms with Crippen LogP contribution >= 0.6 is 0 Å². The molecule has 0 aromatic heterocycles. The molecule has 0 aliphatic carbocycles. The van der Waals surface area contributed by atoms with Gasteiger partial charge in [-0.2, -0.15) is 0 Å². The molecule has 3 N–H and O–H groups in total. The van der Waals surface area contributed by atoms with E-state index in [2.05, 4.69) is 19.2 Å². The minimum atomic E-state index is -0.836. The van der Waals surface area contributed by atoms with Gasteiger partial charge in [0.2, 0.25) is 5.91 Å². The zero-order valence-electron chi connectivity index (χ0n) is 48.3. The second kappa shape index (κ2) is 62.4. The van der Waals surface area contributed by atoms with Crippen LogP contribution in [0.25, 0.3) is 0 Å². The number of rotatable bonds is 62. The van der Waals surface area contributed by atoms with Gasteiger partial charge in [-0.15, -0.1) is 0 Å². The number of unbranched alkanes of at least 4 members (excludes halogenated alkanes) is 55. The lowest BCUT2D eigenvalue weighted by atomic mass is 10.0. The van der Waals surface area contributed by atoms with Crippen LogP contribution in [-0.4, -0.2) is 34.9 Å². The first kappa shape index (κ1) is 69.1. The molecule has 0 heterocycles. The van der Waals surface area contributed by atoms with Crippen molar-refractivity contribution in [1.29, 1.82) is 0 Å². The summed E-state index contributed by atoms with van der Waals surface area (Å²) in [5, 5.41) is 23.3. The average molecular weight is 987 g/mol. The smallest absolute Gasteiger partial charge is 0.220 e. The zero-order chi connectivity index (χ0) is 50.6. The zero-order valence-corrected chi connectivity index (χ0v) is 48.3. The summed E-state index contributed by atoms with van der Waals surface area (Å²) in [6.45, 7) is 4.36. The highest BCUT2D eigenvalue weighted by molar-refractivity contribution is 5.76. The van der Waals surface area contributed by atoms with Crippen LogP contribution in [0.15, 0.2) is 12.2 Å². The summed E-state index contributed by atoms with van der Waals surface area (Å²) in [6, 6.07) is -0.619. The van der Waals surface area contributed by atoms with E-state index in [0.717, 1.165) is 25.7 Å². The van der Waals surface area contributed by atoms with Gasteiger partial charge in [0, 0.05) is 6.42 Å². The van der Waals surface area contributed by atoms with E-state index in [1.165, 1.54) is 340 Å². The third-order valence-corrected chi connectivity index (χ3v) is 15.8. The molecule has 0 bridgehead atoms. The van der Waals surface area contributed by atoms with E-state index in [1.807, 2.05) is 6.08 Å². The number of carbonyl (C=O) groups excluding carboxylic acids is 1. The molecule has 0 aliphatic heterocycles. The molecule has 0 fully saturated rings. The Morgan fingerprint density at radius 2 is 0.529 bits per heavy atom. The van der Waals surface area contributed by atoms with Crippen molar-refractivity contribution in [2.75, 3.05) is 6.61 Å². The van der Waals surface area contributed by atoms with Crippen molar-refractivity contribution >= 4 is 5.91 Å². The van der Waals surface area contributed by atoms with Crippen molar-refractivity contribution in [3.05, 3.63) is 12.2 Å². The van der Waals surface area contributed by atoms with Crippen LogP contribution in [0.5, 0.6) is 0 Å². The van der Waals surface area contributed by atoms with Crippen molar-refractivity contribution in [1.82, 2.24) is 5.32 Å². The molecular formula is C66H131NO3. The van der Waals surface area contributed by atoms with Crippen LogP contribution in [0.3, 0.4) is 0 Å². The third-order valence-electron chi connectivity index (χ3n) is 15.8. The summed E-state index contributed by atoms with van der Waals surface area (Å²) in [5.41, 5.74) is 0. The van der Waals surface area contributed by atoms with E-state index < -0.39 is 12.1 Å². The van der Waals surface area contributed by atoms with Gasteiger partial charge in [0.05, 0.1) is 18.8 Å². The van der Waals surface area contributed by atoms with Gasteiger partial charge in [0.25, 0.3) is 0 Å². The lowest BCUT2D eigenvalue weighted by Gasteiger charge is -2.20. The number of aliphatic hydroxyl groups excluding tert-OH is 2. The average Bonchev–Trinajstić information content (AvgIpc) is 3.36. The van der Waals surface area contributed by atoms with Gasteiger partial charge in [-0.1, -0.05) is 373 Å². The molecule has 0 saturated carbocycles. The Balaban J connectivity index is 3.39. The standard InChI is InChI=1S/C66H131NO3/c1-3-5-7-9-11-13-15-17-19-21-23-25-27-29-30-31-32-33-34-35-36-37-38-40-42-44-46-48-50-52-54-56-58-60-62-66(70)67-64(63-68)65(69)61-59-57-55-53-51-49-47-45-43-41-39-28-26-24-22-20-18-16-14-12-10-8-6-4-2/h59,61,64-65,68-69H,3-58,60,62-63H2,1-2H3,(H,67,70)/b61-59+. The fourth-order valence-corrected chi connectivity index (χ4v) is 10.8. The molecule has 0 rings (SSSR count). The Hall–Kier alpha value is -0.870. The summed E-state index contributed by atoms with van der Waals surface area (Å²) in [5.74, 6) is -0.0537. The number of aliphatic hydroxyl groups is 2. The molecule has 418 valence electrons. The number of nitrogens with one attached hydrogen (secondary N) is 1. The first-order chi connectivity index (χ1) is 34.7. The van der Waals surface area contributed by atoms with Gasteiger partial charge in [0.15, 0.2) is 0 Å². The van der Waals surface area contributed by atoms with E-state index in [1.54, 1.807) is 6.08 Å². The van der Waals surface area contributed by atoms with Crippen LogP contribution in [0.1, 0.15) is 386 Å². The lowest BCUT2D eigenvalue weighted by molar-refractivity contribution is -0.123. The summed E-state index contributed by atoms with van der Waals surface area (Å²) in [6.07, 6.45) is 82.9. The molecule has 0 radical (unpaired) electrons. The molecule has 70 heavy (non-hydrogen) atoms. The van der Waals surface area contributed by atoms with Gasteiger partial charge in [-0.05, 0) is 19.3 Å². The van der Waals surface area contributed by atoms with Gasteiger partial charge in [-0.25, -0.2) is 0 Å². The van der Waals surface area contributed by atoms with E-state index in [9.17, 15) is 15.0 Å². The lowest BCUT2D eigenvalue weighted by Crippen LogP contribution is -2.45. The monoisotopic (exact) mass is 986 g/mol. The summed E-state index contributed by atoms with van der Waals surface area (Å²) in [7, 11) is 0. The number of amides is 1. The second-order valence-electron chi connectivity index (χ2n) is 22.9. The number of carbonyl (C=O) groups is 1. The van der Waals surface area contributed by atoms with Crippen molar-refractivity contribution in [3.8, 4) is 0 Å². The van der Waals surface area contributed by atoms with E-state index in [4.69, 9.17) is 0 Å². The van der Waals surface area contributed by atoms with Gasteiger partial charge in [0.1, 0.15) is 0 Å². The van der Waals surface area contributed by atoms with Gasteiger partial charge in [-0.3, -0.25) is 4.79 Å². The molecule has 0 spiro atoms. The van der Waals surface area contributed by atoms with Crippen LogP contribution in [-0.2, 0) is 4.79 Å². The van der Waals surface area contributed by atoms with Gasteiger partial charge < -0.3 is 15.5 Å². The Kier molecular flexibility index (Phi) is 61.6. The number of hydrogen-bond acceptors (Lipinski definition) is 3. The number of hydrogen-bond donors (Lipinski definition) is 3. The predicted molar refractivity (Wildman–Crippen MR) is 313 cm³/mol. The highest BCUT2D eigenvalue weighted by Gasteiger charge is 2.18. The molecule has 0 aromatic carbocycles. The quantitative estimate of drug-likeness (QED) is 0.0420. The van der Waals surface area contributed by atoms with Crippen molar-refractivity contribution in [2.45, 2.75) is 398 Å². The highest BCUT2D eigenvalue weighted by Crippen LogP contribution is 2.19. The molecule has 0 aromatic rings. The second-order valence-corrected chi connectivity index (χ2v) is 22.9. The van der Waals surface area contributed by atoms with Crippen LogP contribution in [0, 0.1) is 0 Å². The Labute approximate surface area is 441 Å². The maximum Gasteiger partial charge on any atom is 0.220 e. The molecular weight excluding hydrogens is 855 g/mol. The van der Waals surface area contributed by atoms with Crippen LogP contribution in [0.4, 0.5) is 0 Å². The molecule has 2 atom stereocenters. The summed E-state index contributed by atoms with van der Waals surface area (Å²) >= 11 is 0. The highest BCUT2D eigenvalue weighted by atomic mass is 16.3. The topological polar surface area (TPSA) is 69.6 Å². The van der Waals surface area contributed by atoms with Crippen LogP contribution < -0.4 is 5.32 Å². The third kappa shape index (κ3) is 58.0. The molecule has 0 aliphatic rings. The van der Waals surface area contributed by atoms with Gasteiger partial charge >= 0.3 is 0 Å². The van der Waals surface area contributed by atoms with Crippen molar-refractivity contribution < 1.29 is 15.0 Å². The first-order valence-electron chi connectivity index (χ1n) is 32.9. The largest absolute Gasteiger partial charge is 0.394 e. The minimum absolute atomic E-state index is 0.0537. The Bertz CT molecular complexity index is 982. The summed E-state index contributed by atoms with van der Waals surface area (Å²) < 4.78 is 0. The molecule has 0 saturated heterocycles. The molecule has 1 amide bonds. The fraction of sp³-hybridized carbons (Fsp3) is 0.955. The van der Waals surface area contributed by atoms with Crippen molar-refractivity contribution in [3.63, 3.8) is 0 Å². The van der Waals surface area contributed by atoms with E-state index in [-0.39, 0.29) is 12.5 Å². The maximum absolute atomic E-state index is 12.5. The maximum atomic E-state index is 12.5. The van der Waals surface area contributed by atoms with Crippen molar-refractivity contribution in [2.24, 2.45) is 0 Å². The number of allylic oxidation sites excluding steroid dienone is 1. The predicted octanol–water partition coefficient (Wildman–Crippen LogP) is 22.0. The first-order valence-corrected chi connectivity index (χ1v) is 32.9. The Morgan fingerprint density at radius 3 is 0.743 bits per heavy atom. The van der Waals surface area contributed by atoms with Crippen LogP contribution in [0.2, 0.25) is 0 Å². The SMILES string of the molecule is CCCCCCCCCCCCCCCCCCCCCCCC/C=C/C(O)C(CO)NC(=O)CCCCCCCCCCCCCCCCCCCCCCCCCCCCCCCCCCCC. The van der Waals surface area contributed by atoms with E-state index >= 15 is 0 Å². The molecule has 4 heteroatoms.